The van der Waals surface area contributed by atoms with Crippen LogP contribution in [-0.4, -0.2) is 16.0 Å². The Morgan fingerprint density at radius 1 is 1.23 bits per heavy atom. The van der Waals surface area contributed by atoms with Crippen molar-refractivity contribution in [1.82, 2.24) is 15.5 Å². The third-order valence-electron chi connectivity index (χ3n) is 3.63. The zero-order valence-electron chi connectivity index (χ0n) is 13.5. The van der Waals surface area contributed by atoms with E-state index in [0.717, 1.165) is 10.0 Å². The highest BCUT2D eigenvalue weighted by Crippen LogP contribution is 2.21. The maximum Gasteiger partial charge on any atom is 0.227 e. The molecule has 5 nitrogen and oxygen atoms in total. The molecule has 8 heteroatoms. The molecular formula is C18H14BrClFN3O2. The predicted molar refractivity (Wildman–Crippen MR) is 99.0 cm³/mol. The molecule has 0 aliphatic heterocycles. The number of benzene rings is 2. The van der Waals surface area contributed by atoms with Crippen LogP contribution in [0.25, 0.3) is 11.4 Å². The monoisotopic (exact) mass is 437 g/mol. The van der Waals surface area contributed by atoms with E-state index in [9.17, 15) is 9.18 Å². The maximum atomic E-state index is 12.9. The molecule has 0 radical (unpaired) electrons. The molecule has 1 aromatic heterocycles. The zero-order chi connectivity index (χ0) is 18.5. The molecule has 0 saturated heterocycles. The van der Waals surface area contributed by atoms with Crippen LogP contribution < -0.4 is 5.32 Å². The van der Waals surface area contributed by atoms with Gasteiger partial charge in [-0.05, 0) is 42.0 Å². The second-order valence-electron chi connectivity index (χ2n) is 5.53. The van der Waals surface area contributed by atoms with Crippen LogP contribution in [0.1, 0.15) is 17.9 Å². The molecule has 0 unspecified atom stereocenters. The number of nitrogens with zero attached hydrogens (tertiary/aromatic N) is 2. The van der Waals surface area contributed by atoms with Crippen LogP contribution in [0.4, 0.5) is 4.39 Å². The Kier molecular flexibility index (Phi) is 6.00. The van der Waals surface area contributed by atoms with Gasteiger partial charge in [-0.2, -0.15) is 4.98 Å². The molecule has 0 atom stereocenters. The summed E-state index contributed by atoms with van der Waals surface area (Å²) in [5.74, 6) is 0.230. The number of carbonyl (C=O) groups is 1. The molecule has 3 rings (SSSR count). The lowest BCUT2D eigenvalue weighted by molar-refractivity contribution is -0.121. The molecule has 0 bridgehead atoms. The number of hydrogen-bond donors (Lipinski definition) is 1. The molecule has 1 N–H and O–H groups in total. The first-order valence-electron chi connectivity index (χ1n) is 7.80. The first-order valence-corrected chi connectivity index (χ1v) is 8.97. The van der Waals surface area contributed by atoms with E-state index in [-0.39, 0.29) is 18.1 Å². The standard InChI is InChI=1S/C18H14BrClFN3O2/c19-13-4-1-12(15(20)9-13)10-22-16(25)7-8-17-23-18(24-26-17)11-2-5-14(21)6-3-11/h1-6,9H,7-8,10H2,(H,22,25). The van der Waals surface area contributed by atoms with Gasteiger partial charge in [0, 0.05) is 34.4 Å². The lowest BCUT2D eigenvalue weighted by Gasteiger charge is -2.06. The van der Waals surface area contributed by atoms with E-state index in [1.165, 1.54) is 12.1 Å². The number of hydrogen-bond acceptors (Lipinski definition) is 4. The molecule has 134 valence electrons. The number of carbonyl (C=O) groups excluding carboxylic acids is 1. The summed E-state index contributed by atoms with van der Waals surface area (Å²) in [6.45, 7) is 0.343. The SMILES string of the molecule is O=C(CCc1nc(-c2ccc(F)cc2)no1)NCc1ccc(Br)cc1Cl. The Morgan fingerprint density at radius 2 is 2.00 bits per heavy atom. The Bertz CT molecular complexity index is 915. The number of halogens is 3. The van der Waals surface area contributed by atoms with Gasteiger partial charge in [0.25, 0.3) is 0 Å². The van der Waals surface area contributed by atoms with Crippen LogP contribution in [-0.2, 0) is 17.8 Å². The van der Waals surface area contributed by atoms with Crippen LogP contribution in [0.3, 0.4) is 0 Å². The van der Waals surface area contributed by atoms with Crippen molar-refractivity contribution in [1.29, 1.82) is 0 Å². The van der Waals surface area contributed by atoms with Gasteiger partial charge in [-0.1, -0.05) is 38.8 Å². The number of amides is 1. The first-order chi connectivity index (χ1) is 12.5. The van der Waals surface area contributed by atoms with Gasteiger partial charge in [-0.15, -0.1) is 0 Å². The van der Waals surface area contributed by atoms with E-state index in [1.54, 1.807) is 18.2 Å². The fourth-order valence-corrected chi connectivity index (χ4v) is 2.98. The van der Waals surface area contributed by atoms with Crippen molar-refractivity contribution in [3.05, 3.63) is 69.2 Å². The summed E-state index contributed by atoms with van der Waals surface area (Å²) in [5, 5.41) is 7.23. The highest BCUT2D eigenvalue weighted by Gasteiger charge is 2.11. The van der Waals surface area contributed by atoms with Crippen molar-refractivity contribution in [3.63, 3.8) is 0 Å². The Balaban J connectivity index is 1.51. The molecule has 0 fully saturated rings. The van der Waals surface area contributed by atoms with Crippen LogP contribution in [0.5, 0.6) is 0 Å². The summed E-state index contributed by atoms with van der Waals surface area (Å²) < 4.78 is 19.0. The fourth-order valence-electron chi connectivity index (χ4n) is 2.24. The Hall–Kier alpha value is -2.25. The molecule has 1 heterocycles. The van der Waals surface area contributed by atoms with Gasteiger partial charge in [0.05, 0.1) is 0 Å². The average molecular weight is 439 g/mol. The molecule has 0 saturated carbocycles. The van der Waals surface area contributed by atoms with E-state index >= 15 is 0 Å². The summed E-state index contributed by atoms with van der Waals surface area (Å²) in [4.78, 5) is 16.2. The first kappa shape index (κ1) is 18.5. The largest absolute Gasteiger partial charge is 0.352 e. The number of rotatable bonds is 6. The van der Waals surface area contributed by atoms with E-state index in [0.29, 0.717) is 35.3 Å². The van der Waals surface area contributed by atoms with Gasteiger partial charge in [0.15, 0.2) is 0 Å². The van der Waals surface area contributed by atoms with Crippen LogP contribution in [0, 0.1) is 5.82 Å². The zero-order valence-corrected chi connectivity index (χ0v) is 15.8. The van der Waals surface area contributed by atoms with Gasteiger partial charge in [-0.3, -0.25) is 4.79 Å². The normalized spacial score (nSPS) is 10.7. The van der Waals surface area contributed by atoms with Gasteiger partial charge in [0.1, 0.15) is 5.82 Å². The van der Waals surface area contributed by atoms with E-state index in [2.05, 4.69) is 31.4 Å². The minimum Gasteiger partial charge on any atom is -0.352 e. The summed E-state index contributed by atoms with van der Waals surface area (Å²) in [7, 11) is 0. The van der Waals surface area contributed by atoms with E-state index < -0.39 is 0 Å². The second-order valence-corrected chi connectivity index (χ2v) is 6.85. The number of aromatic nitrogens is 2. The highest BCUT2D eigenvalue weighted by molar-refractivity contribution is 9.10. The topological polar surface area (TPSA) is 68.0 Å². The van der Waals surface area contributed by atoms with Gasteiger partial charge in [-0.25, -0.2) is 4.39 Å². The molecule has 1 amide bonds. The van der Waals surface area contributed by atoms with Gasteiger partial charge >= 0.3 is 0 Å². The molecule has 0 spiro atoms. The fraction of sp³-hybridized carbons (Fsp3) is 0.167. The Morgan fingerprint density at radius 3 is 2.73 bits per heavy atom. The minimum atomic E-state index is -0.333. The van der Waals surface area contributed by atoms with Crippen molar-refractivity contribution < 1.29 is 13.7 Å². The lowest BCUT2D eigenvalue weighted by Crippen LogP contribution is -2.23. The van der Waals surface area contributed by atoms with E-state index in [4.69, 9.17) is 16.1 Å². The molecule has 0 aliphatic carbocycles. The summed E-state index contributed by atoms with van der Waals surface area (Å²) in [5.41, 5.74) is 1.48. The molecule has 3 aromatic rings. The summed E-state index contributed by atoms with van der Waals surface area (Å²) in [6.07, 6.45) is 0.521. The van der Waals surface area contributed by atoms with E-state index in [1.807, 2.05) is 12.1 Å². The van der Waals surface area contributed by atoms with Crippen molar-refractivity contribution in [3.8, 4) is 11.4 Å². The van der Waals surface area contributed by atoms with Gasteiger partial charge in [0.2, 0.25) is 17.6 Å². The maximum absolute atomic E-state index is 12.9. The smallest absolute Gasteiger partial charge is 0.227 e. The highest BCUT2D eigenvalue weighted by atomic mass is 79.9. The number of nitrogens with one attached hydrogen (secondary N) is 1. The molecular weight excluding hydrogens is 425 g/mol. The van der Waals surface area contributed by atoms with Crippen molar-refractivity contribution in [2.24, 2.45) is 0 Å². The third kappa shape index (κ3) is 4.89. The van der Waals surface area contributed by atoms with Gasteiger partial charge < -0.3 is 9.84 Å². The second kappa shape index (κ2) is 8.42. The lowest BCUT2D eigenvalue weighted by atomic mass is 10.2. The molecule has 2 aromatic carbocycles. The predicted octanol–water partition coefficient (Wildman–Crippen LogP) is 4.54. The van der Waals surface area contributed by atoms with Crippen LogP contribution in [0.2, 0.25) is 5.02 Å². The number of aryl methyl sites for hydroxylation is 1. The molecule has 0 aliphatic rings. The summed E-state index contributed by atoms with van der Waals surface area (Å²) >= 11 is 9.45. The summed E-state index contributed by atoms with van der Waals surface area (Å²) in [6, 6.07) is 11.3. The van der Waals surface area contributed by atoms with Crippen molar-refractivity contribution >= 4 is 33.4 Å². The average Bonchev–Trinajstić information content (AvgIpc) is 3.09. The van der Waals surface area contributed by atoms with Crippen LogP contribution in [0.15, 0.2) is 51.5 Å². The Labute approximate surface area is 162 Å². The minimum absolute atomic E-state index is 0.148. The third-order valence-corrected chi connectivity index (χ3v) is 4.47. The quantitative estimate of drug-likeness (QED) is 0.613. The van der Waals surface area contributed by atoms with Crippen LogP contribution >= 0.6 is 27.5 Å². The van der Waals surface area contributed by atoms with Crippen molar-refractivity contribution in [2.45, 2.75) is 19.4 Å². The molecule has 26 heavy (non-hydrogen) atoms. The van der Waals surface area contributed by atoms with Crippen molar-refractivity contribution in [2.75, 3.05) is 0 Å².